The molecule has 3 aromatic rings. The molecule has 0 aliphatic carbocycles. The SMILES string of the molecule is CCc1ccc2c(c1)[C@]1(Oc3ccccc3[C@H]3CC(c4ccc(Br)cc4)=NN31)C(=O)N2. The van der Waals surface area contributed by atoms with Crippen LogP contribution in [-0.4, -0.2) is 16.6 Å². The van der Waals surface area contributed by atoms with E-state index in [1.807, 2.05) is 47.5 Å². The third-order valence-corrected chi connectivity index (χ3v) is 6.89. The lowest BCUT2D eigenvalue weighted by Crippen LogP contribution is -2.55. The van der Waals surface area contributed by atoms with Crippen LogP contribution in [0.25, 0.3) is 0 Å². The van der Waals surface area contributed by atoms with Gasteiger partial charge in [0.2, 0.25) is 0 Å². The molecule has 6 rings (SSSR count). The molecular weight excluding hydrogens is 454 g/mol. The average molecular weight is 474 g/mol. The molecule has 31 heavy (non-hydrogen) atoms. The van der Waals surface area contributed by atoms with E-state index < -0.39 is 5.72 Å². The van der Waals surface area contributed by atoms with Crippen LogP contribution in [-0.2, 0) is 16.9 Å². The number of fused-ring (bicyclic) bond motifs is 6. The number of amides is 1. The fourth-order valence-corrected chi connectivity index (χ4v) is 5.04. The maximum Gasteiger partial charge on any atom is 0.306 e. The number of para-hydroxylation sites is 1. The largest absolute Gasteiger partial charge is 0.453 e. The Morgan fingerprint density at radius 2 is 1.97 bits per heavy atom. The topological polar surface area (TPSA) is 53.9 Å². The lowest BCUT2D eigenvalue weighted by atomic mass is 9.91. The van der Waals surface area contributed by atoms with Gasteiger partial charge in [-0.2, -0.15) is 5.10 Å². The second-order valence-electron chi connectivity index (χ2n) is 8.09. The number of ether oxygens (including phenoxy) is 1. The summed E-state index contributed by atoms with van der Waals surface area (Å²) in [5.41, 5.74) is 4.51. The van der Waals surface area contributed by atoms with E-state index in [0.29, 0.717) is 6.42 Å². The molecule has 0 radical (unpaired) electrons. The Morgan fingerprint density at radius 1 is 1.16 bits per heavy atom. The van der Waals surface area contributed by atoms with Crippen LogP contribution in [0.5, 0.6) is 5.75 Å². The smallest absolute Gasteiger partial charge is 0.306 e. The van der Waals surface area contributed by atoms with Crippen molar-refractivity contribution >= 4 is 33.2 Å². The van der Waals surface area contributed by atoms with Crippen molar-refractivity contribution < 1.29 is 9.53 Å². The van der Waals surface area contributed by atoms with Gasteiger partial charge < -0.3 is 10.1 Å². The normalized spacial score (nSPS) is 23.0. The van der Waals surface area contributed by atoms with Gasteiger partial charge in [-0.05, 0) is 47.9 Å². The molecule has 0 saturated carbocycles. The molecule has 2 atom stereocenters. The molecule has 1 N–H and O–H groups in total. The minimum atomic E-state index is -1.31. The van der Waals surface area contributed by atoms with Gasteiger partial charge in [0, 0.05) is 16.5 Å². The molecule has 0 fully saturated rings. The van der Waals surface area contributed by atoms with E-state index in [1.165, 1.54) is 0 Å². The zero-order chi connectivity index (χ0) is 21.2. The third-order valence-electron chi connectivity index (χ3n) is 6.36. The number of rotatable bonds is 2. The van der Waals surface area contributed by atoms with Crippen molar-refractivity contribution in [2.45, 2.75) is 31.5 Å². The minimum Gasteiger partial charge on any atom is -0.453 e. The van der Waals surface area contributed by atoms with Gasteiger partial charge in [-0.1, -0.05) is 59.3 Å². The Kier molecular flexibility index (Phi) is 4.02. The Hall–Kier alpha value is -3.12. The summed E-state index contributed by atoms with van der Waals surface area (Å²) in [6.45, 7) is 2.11. The van der Waals surface area contributed by atoms with Gasteiger partial charge in [-0.3, -0.25) is 4.79 Å². The second-order valence-corrected chi connectivity index (χ2v) is 9.01. The molecule has 0 bridgehead atoms. The third kappa shape index (κ3) is 2.61. The molecule has 5 nitrogen and oxygen atoms in total. The Bertz CT molecular complexity index is 1250. The van der Waals surface area contributed by atoms with Gasteiger partial charge in [-0.15, -0.1) is 0 Å². The number of hydrogen-bond acceptors (Lipinski definition) is 4. The standard InChI is InChI=1S/C25H20BrN3O2/c1-2-15-7-12-20-19(13-15)25(24(30)27-20)29-22(18-5-3-4-6-23(18)31-25)14-21(28-29)16-8-10-17(26)11-9-16/h3-13,22H,2,14H2,1H3,(H,27,30)/t22-,25+/m1/s1. The number of nitrogens with one attached hydrogen (secondary N) is 1. The molecule has 0 aromatic heterocycles. The van der Waals surface area contributed by atoms with E-state index in [-0.39, 0.29) is 11.9 Å². The summed E-state index contributed by atoms with van der Waals surface area (Å²) in [6, 6.07) is 22.1. The highest BCUT2D eigenvalue weighted by molar-refractivity contribution is 9.10. The van der Waals surface area contributed by atoms with Crippen molar-refractivity contribution in [1.82, 2.24) is 5.01 Å². The number of halogens is 1. The Morgan fingerprint density at radius 3 is 2.77 bits per heavy atom. The molecule has 0 unspecified atom stereocenters. The number of nitrogens with zero attached hydrogens (tertiary/aromatic N) is 2. The number of aryl methyl sites for hydroxylation is 1. The van der Waals surface area contributed by atoms with Crippen LogP contribution in [0.2, 0.25) is 0 Å². The van der Waals surface area contributed by atoms with E-state index in [0.717, 1.165) is 50.3 Å². The predicted molar refractivity (Wildman–Crippen MR) is 123 cm³/mol. The quantitative estimate of drug-likeness (QED) is 0.544. The summed E-state index contributed by atoms with van der Waals surface area (Å²) in [6.07, 6.45) is 1.59. The summed E-state index contributed by atoms with van der Waals surface area (Å²) < 4.78 is 7.56. The molecule has 3 heterocycles. The number of anilines is 1. The molecule has 3 aliphatic heterocycles. The maximum atomic E-state index is 13.5. The van der Waals surface area contributed by atoms with Crippen molar-refractivity contribution in [3.8, 4) is 5.75 Å². The van der Waals surface area contributed by atoms with Crippen LogP contribution < -0.4 is 10.1 Å². The van der Waals surface area contributed by atoms with Gasteiger partial charge in [-0.25, -0.2) is 5.01 Å². The predicted octanol–water partition coefficient (Wildman–Crippen LogP) is 5.36. The number of hydrogen-bond donors (Lipinski definition) is 1. The van der Waals surface area contributed by atoms with Crippen LogP contribution in [0.3, 0.4) is 0 Å². The lowest BCUT2D eigenvalue weighted by Gasteiger charge is -2.44. The minimum absolute atomic E-state index is 0.0782. The number of carbonyl (C=O) groups is 1. The average Bonchev–Trinajstić information content (AvgIpc) is 3.35. The van der Waals surface area contributed by atoms with Gasteiger partial charge in [0.25, 0.3) is 5.91 Å². The summed E-state index contributed by atoms with van der Waals surface area (Å²) >= 11 is 3.50. The summed E-state index contributed by atoms with van der Waals surface area (Å²) in [7, 11) is 0. The summed E-state index contributed by atoms with van der Waals surface area (Å²) in [5.74, 6) is 0.539. The molecule has 0 saturated heterocycles. The van der Waals surface area contributed by atoms with Gasteiger partial charge in [0.15, 0.2) is 0 Å². The molecule has 1 spiro atoms. The van der Waals surface area contributed by atoms with Crippen LogP contribution in [0.1, 0.15) is 41.6 Å². The first kappa shape index (κ1) is 18.6. The summed E-state index contributed by atoms with van der Waals surface area (Å²) in [5, 5.41) is 9.91. The molecule has 3 aromatic carbocycles. The highest BCUT2D eigenvalue weighted by Gasteiger charge is 2.60. The van der Waals surface area contributed by atoms with Gasteiger partial charge in [0.05, 0.1) is 23.0 Å². The van der Waals surface area contributed by atoms with E-state index in [4.69, 9.17) is 9.84 Å². The highest BCUT2D eigenvalue weighted by Crippen LogP contribution is 2.54. The molecule has 154 valence electrons. The van der Waals surface area contributed by atoms with Crippen molar-refractivity contribution in [2.24, 2.45) is 5.10 Å². The number of carbonyl (C=O) groups excluding carboxylic acids is 1. The van der Waals surface area contributed by atoms with Crippen LogP contribution in [0.4, 0.5) is 5.69 Å². The van der Waals surface area contributed by atoms with Crippen molar-refractivity contribution in [1.29, 1.82) is 0 Å². The van der Waals surface area contributed by atoms with Crippen LogP contribution >= 0.6 is 15.9 Å². The van der Waals surface area contributed by atoms with Gasteiger partial charge >= 0.3 is 5.72 Å². The maximum absolute atomic E-state index is 13.5. The Labute approximate surface area is 188 Å². The van der Waals surface area contributed by atoms with E-state index >= 15 is 0 Å². The van der Waals surface area contributed by atoms with Crippen molar-refractivity contribution in [2.75, 3.05) is 5.32 Å². The highest BCUT2D eigenvalue weighted by atomic mass is 79.9. The first-order chi connectivity index (χ1) is 15.1. The van der Waals surface area contributed by atoms with Crippen molar-refractivity contribution in [3.05, 3.63) is 93.5 Å². The number of benzene rings is 3. The second kappa shape index (κ2) is 6.69. The molecule has 6 heteroatoms. The molecule has 3 aliphatic rings. The van der Waals surface area contributed by atoms with Crippen LogP contribution in [0, 0.1) is 0 Å². The number of hydrazone groups is 1. The Balaban J connectivity index is 1.56. The van der Waals surface area contributed by atoms with Crippen molar-refractivity contribution in [3.63, 3.8) is 0 Å². The molecular formula is C25H20BrN3O2. The van der Waals surface area contributed by atoms with E-state index in [1.54, 1.807) is 0 Å². The first-order valence-electron chi connectivity index (χ1n) is 10.5. The lowest BCUT2D eigenvalue weighted by molar-refractivity contribution is -0.161. The zero-order valence-electron chi connectivity index (χ0n) is 16.9. The fourth-order valence-electron chi connectivity index (χ4n) is 4.77. The monoisotopic (exact) mass is 473 g/mol. The first-order valence-corrected chi connectivity index (χ1v) is 11.2. The molecule has 1 amide bonds. The zero-order valence-corrected chi connectivity index (χ0v) is 18.5. The fraction of sp³-hybridized carbons (Fsp3) is 0.200. The summed E-state index contributed by atoms with van der Waals surface area (Å²) in [4.78, 5) is 13.5. The van der Waals surface area contributed by atoms with E-state index in [9.17, 15) is 4.79 Å². The van der Waals surface area contributed by atoms with E-state index in [2.05, 4.69) is 52.4 Å². The van der Waals surface area contributed by atoms with Crippen LogP contribution in [0.15, 0.2) is 76.3 Å². The van der Waals surface area contributed by atoms with Gasteiger partial charge in [0.1, 0.15) is 5.75 Å².